The van der Waals surface area contributed by atoms with Crippen LogP contribution in [-0.2, 0) is 11.2 Å². The number of aromatic nitrogens is 2. The summed E-state index contributed by atoms with van der Waals surface area (Å²) in [5, 5.41) is 7.85. The highest BCUT2D eigenvalue weighted by Gasteiger charge is 2.23. The van der Waals surface area contributed by atoms with E-state index in [2.05, 4.69) is 17.3 Å². The number of nitrogens with zero attached hydrogens (tertiary/aromatic N) is 2. The minimum absolute atomic E-state index is 0.0201. The fraction of sp³-hybridized carbons (Fsp3) is 0.304. The summed E-state index contributed by atoms with van der Waals surface area (Å²) in [5.41, 5.74) is 5.31. The van der Waals surface area contributed by atoms with E-state index in [0.717, 1.165) is 40.4 Å². The average molecular weight is 375 g/mol. The Morgan fingerprint density at radius 2 is 1.89 bits per heavy atom. The van der Waals surface area contributed by atoms with Gasteiger partial charge in [0.05, 0.1) is 24.0 Å². The Hall–Kier alpha value is -3.08. The third kappa shape index (κ3) is 3.65. The molecule has 1 atom stereocenters. The molecule has 144 valence electrons. The second-order valence-electron chi connectivity index (χ2n) is 7.19. The summed E-state index contributed by atoms with van der Waals surface area (Å²) in [6.07, 6.45) is 1.93. The van der Waals surface area contributed by atoms with Crippen LogP contribution in [0.2, 0.25) is 0 Å². The van der Waals surface area contributed by atoms with Gasteiger partial charge in [0.25, 0.3) is 0 Å². The number of fused-ring (bicyclic) bond motifs is 1. The summed E-state index contributed by atoms with van der Waals surface area (Å²) in [6.45, 7) is 4.70. The van der Waals surface area contributed by atoms with Crippen molar-refractivity contribution in [3.05, 3.63) is 77.1 Å². The molecule has 5 nitrogen and oxygen atoms in total. The predicted molar refractivity (Wildman–Crippen MR) is 109 cm³/mol. The molecule has 1 aliphatic heterocycles. The molecule has 0 saturated heterocycles. The zero-order chi connectivity index (χ0) is 19.5. The summed E-state index contributed by atoms with van der Waals surface area (Å²) >= 11 is 0. The van der Waals surface area contributed by atoms with Crippen LogP contribution in [0.1, 0.15) is 41.4 Å². The molecule has 0 spiro atoms. The van der Waals surface area contributed by atoms with Crippen LogP contribution in [0.3, 0.4) is 0 Å². The number of para-hydroxylation sites is 2. The van der Waals surface area contributed by atoms with Gasteiger partial charge >= 0.3 is 0 Å². The number of carbonyl (C=O) groups excluding carboxylic acids is 1. The van der Waals surface area contributed by atoms with E-state index < -0.39 is 0 Å². The van der Waals surface area contributed by atoms with Gasteiger partial charge in [0, 0.05) is 24.1 Å². The topological polar surface area (TPSA) is 56.2 Å². The number of amides is 1. The molecule has 0 radical (unpaired) electrons. The van der Waals surface area contributed by atoms with Crippen LogP contribution < -0.4 is 10.1 Å². The van der Waals surface area contributed by atoms with Gasteiger partial charge in [-0.1, -0.05) is 36.4 Å². The quantitative estimate of drug-likeness (QED) is 0.732. The molecule has 1 N–H and O–H groups in total. The van der Waals surface area contributed by atoms with Crippen LogP contribution in [-0.4, -0.2) is 22.3 Å². The lowest BCUT2D eigenvalue weighted by Crippen LogP contribution is -2.32. The van der Waals surface area contributed by atoms with Crippen LogP contribution in [0.15, 0.2) is 54.6 Å². The van der Waals surface area contributed by atoms with E-state index in [1.54, 1.807) is 0 Å². The van der Waals surface area contributed by atoms with Crippen molar-refractivity contribution in [2.24, 2.45) is 0 Å². The van der Waals surface area contributed by atoms with Gasteiger partial charge in [-0.3, -0.25) is 4.79 Å². The van der Waals surface area contributed by atoms with Gasteiger partial charge in [-0.2, -0.15) is 5.10 Å². The van der Waals surface area contributed by atoms with Gasteiger partial charge in [-0.15, -0.1) is 0 Å². The molecular formula is C23H25N3O2. The maximum Gasteiger partial charge on any atom is 0.220 e. The first kappa shape index (κ1) is 18.3. The number of hydrogen-bond donors (Lipinski definition) is 1. The summed E-state index contributed by atoms with van der Waals surface area (Å²) < 4.78 is 7.63. The average Bonchev–Trinajstić information content (AvgIpc) is 3.01. The number of nitrogens with one attached hydrogen (secondary N) is 1. The molecule has 4 rings (SSSR count). The first-order chi connectivity index (χ1) is 13.6. The number of hydrogen-bond acceptors (Lipinski definition) is 3. The van der Waals surface area contributed by atoms with E-state index in [4.69, 9.17) is 4.74 Å². The largest absolute Gasteiger partial charge is 0.493 e. The summed E-state index contributed by atoms with van der Waals surface area (Å²) in [7, 11) is 0. The Labute approximate surface area is 165 Å². The minimum Gasteiger partial charge on any atom is -0.493 e. The predicted octanol–water partition coefficient (Wildman–Crippen LogP) is 4.06. The number of carbonyl (C=O) groups is 1. The van der Waals surface area contributed by atoms with Gasteiger partial charge < -0.3 is 10.1 Å². The van der Waals surface area contributed by atoms with Crippen molar-refractivity contribution < 1.29 is 9.53 Å². The van der Waals surface area contributed by atoms with Gasteiger partial charge in [-0.25, -0.2) is 4.68 Å². The van der Waals surface area contributed by atoms with E-state index >= 15 is 0 Å². The molecule has 1 amide bonds. The van der Waals surface area contributed by atoms with Crippen molar-refractivity contribution >= 4 is 5.91 Å². The van der Waals surface area contributed by atoms with Crippen molar-refractivity contribution in [2.45, 2.75) is 39.2 Å². The Morgan fingerprint density at radius 3 is 2.71 bits per heavy atom. The van der Waals surface area contributed by atoms with Gasteiger partial charge in [0.1, 0.15) is 5.75 Å². The van der Waals surface area contributed by atoms with Crippen LogP contribution in [0, 0.1) is 13.8 Å². The highest BCUT2D eigenvalue weighted by atomic mass is 16.5. The van der Waals surface area contributed by atoms with Gasteiger partial charge in [-0.05, 0) is 44.0 Å². The standard InChI is InChI=1S/C23H25N3O2/c1-16-19(17(2)26(25-16)18-8-4-3-5-9-18)12-13-23(27)24-21-14-15-28-22-11-7-6-10-20(21)22/h3-11,21H,12-15H2,1-2H3,(H,24,27). The van der Waals surface area contributed by atoms with Crippen LogP contribution in [0.5, 0.6) is 5.75 Å². The molecular weight excluding hydrogens is 350 g/mol. The van der Waals surface area contributed by atoms with E-state index in [1.165, 1.54) is 0 Å². The third-order valence-corrected chi connectivity index (χ3v) is 5.34. The van der Waals surface area contributed by atoms with Crippen molar-refractivity contribution in [3.63, 3.8) is 0 Å². The number of benzene rings is 2. The maximum absolute atomic E-state index is 12.6. The minimum atomic E-state index is 0.0201. The fourth-order valence-corrected chi connectivity index (χ4v) is 3.85. The van der Waals surface area contributed by atoms with Crippen LogP contribution in [0.25, 0.3) is 5.69 Å². The highest BCUT2D eigenvalue weighted by molar-refractivity contribution is 5.77. The van der Waals surface area contributed by atoms with Gasteiger partial charge in [0.2, 0.25) is 5.91 Å². The SMILES string of the molecule is Cc1nn(-c2ccccc2)c(C)c1CCC(=O)NC1CCOc2ccccc21. The Balaban J connectivity index is 1.43. The maximum atomic E-state index is 12.6. The van der Waals surface area contributed by atoms with E-state index in [1.807, 2.05) is 66.2 Å². The molecule has 2 heterocycles. The lowest BCUT2D eigenvalue weighted by molar-refractivity contribution is -0.122. The first-order valence-electron chi connectivity index (χ1n) is 9.75. The van der Waals surface area contributed by atoms with Crippen molar-refractivity contribution in [2.75, 3.05) is 6.61 Å². The van der Waals surface area contributed by atoms with Crippen molar-refractivity contribution in [1.82, 2.24) is 15.1 Å². The first-order valence-corrected chi connectivity index (χ1v) is 9.75. The summed E-state index contributed by atoms with van der Waals surface area (Å²) in [5.74, 6) is 0.933. The van der Waals surface area contributed by atoms with Crippen molar-refractivity contribution in [3.8, 4) is 11.4 Å². The summed E-state index contributed by atoms with van der Waals surface area (Å²) in [4.78, 5) is 12.6. The lowest BCUT2D eigenvalue weighted by Gasteiger charge is -2.26. The normalized spacial score (nSPS) is 15.6. The molecule has 5 heteroatoms. The Morgan fingerprint density at radius 1 is 1.14 bits per heavy atom. The monoisotopic (exact) mass is 375 g/mol. The fourth-order valence-electron chi connectivity index (χ4n) is 3.85. The second kappa shape index (κ2) is 7.89. The zero-order valence-corrected chi connectivity index (χ0v) is 16.3. The third-order valence-electron chi connectivity index (χ3n) is 5.34. The van der Waals surface area contributed by atoms with Crippen molar-refractivity contribution in [1.29, 1.82) is 0 Å². The molecule has 0 fully saturated rings. The molecule has 3 aromatic rings. The second-order valence-corrected chi connectivity index (χ2v) is 7.19. The smallest absolute Gasteiger partial charge is 0.220 e. The molecule has 28 heavy (non-hydrogen) atoms. The van der Waals surface area contributed by atoms with E-state index in [9.17, 15) is 4.79 Å². The lowest BCUT2D eigenvalue weighted by atomic mass is 10.00. The number of rotatable bonds is 5. The molecule has 1 unspecified atom stereocenters. The molecule has 0 saturated carbocycles. The van der Waals surface area contributed by atoms with Gasteiger partial charge in [0.15, 0.2) is 0 Å². The highest BCUT2D eigenvalue weighted by Crippen LogP contribution is 2.31. The molecule has 1 aliphatic rings. The number of ether oxygens (including phenoxy) is 1. The number of aryl methyl sites for hydroxylation is 1. The van der Waals surface area contributed by atoms with E-state index in [-0.39, 0.29) is 11.9 Å². The molecule has 2 aromatic carbocycles. The Kier molecular flexibility index (Phi) is 5.15. The molecule has 0 aliphatic carbocycles. The molecule has 1 aromatic heterocycles. The van der Waals surface area contributed by atoms with Crippen LogP contribution in [0.4, 0.5) is 0 Å². The van der Waals surface area contributed by atoms with E-state index in [0.29, 0.717) is 19.4 Å². The summed E-state index contributed by atoms with van der Waals surface area (Å²) in [6, 6.07) is 18.0. The van der Waals surface area contributed by atoms with Crippen LogP contribution >= 0.6 is 0 Å². The Bertz CT molecular complexity index is 979. The molecule has 0 bridgehead atoms. The zero-order valence-electron chi connectivity index (χ0n) is 16.3.